The first-order chi connectivity index (χ1) is 11.2. The lowest BCUT2D eigenvalue weighted by Crippen LogP contribution is -2.46. The van der Waals surface area contributed by atoms with Gasteiger partial charge in [0.1, 0.15) is 5.75 Å². The van der Waals surface area contributed by atoms with Crippen LogP contribution in [0, 0.1) is 0 Å². The number of aromatic amines is 1. The van der Waals surface area contributed by atoms with E-state index in [9.17, 15) is 9.90 Å². The van der Waals surface area contributed by atoms with Gasteiger partial charge in [-0.2, -0.15) is 5.10 Å². The maximum Gasteiger partial charge on any atom is 0.436 e. The second kappa shape index (κ2) is 6.53. The van der Waals surface area contributed by atoms with Crippen LogP contribution in [0.2, 0.25) is 0 Å². The lowest BCUT2D eigenvalue weighted by molar-refractivity contribution is -0.673. The number of aromatic nitrogens is 2. The number of hydrogen-bond acceptors (Lipinski definition) is 7. The SMILES string of the molecule is COc1ccc(-[n+]2[nH]oc(=O)c2/C([O-])=N/N2CCOCC2)cc1. The second-order valence-electron chi connectivity index (χ2n) is 4.83. The number of hydrazone groups is 1. The highest BCUT2D eigenvalue weighted by molar-refractivity contribution is 5.86. The molecule has 0 spiro atoms. The van der Waals surface area contributed by atoms with Gasteiger partial charge in [-0.25, -0.2) is 4.79 Å². The first-order valence-electron chi connectivity index (χ1n) is 7.05. The predicted octanol–water partition coefficient (Wildman–Crippen LogP) is -1.39. The van der Waals surface area contributed by atoms with Gasteiger partial charge in [-0.3, -0.25) is 9.53 Å². The summed E-state index contributed by atoms with van der Waals surface area (Å²) in [6, 6.07) is 6.80. The fourth-order valence-corrected chi connectivity index (χ4v) is 2.20. The molecule has 1 aromatic carbocycles. The molecule has 1 aliphatic heterocycles. The van der Waals surface area contributed by atoms with Gasteiger partial charge in [-0.1, -0.05) is 0 Å². The van der Waals surface area contributed by atoms with Gasteiger partial charge in [-0.15, -0.1) is 0 Å². The van der Waals surface area contributed by atoms with Gasteiger partial charge < -0.3 is 14.6 Å². The van der Waals surface area contributed by atoms with Gasteiger partial charge in [0.05, 0.1) is 39.3 Å². The van der Waals surface area contributed by atoms with Crippen molar-refractivity contribution in [2.24, 2.45) is 5.10 Å². The number of methoxy groups -OCH3 is 1. The Labute approximate surface area is 131 Å². The van der Waals surface area contributed by atoms with E-state index in [2.05, 4.69) is 10.4 Å². The maximum atomic E-state index is 12.3. The number of morpholine rings is 1. The van der Waals surface area contributed by atoms with Crippen LogP contribution >= 0.6 is 0 Å². The summed E-state index contributed by atoms with van der Waals surface area (Å²) in [6.07, 6.45) is 0. The number of rotatable bonds is 4. The molecule has 1 fully saturated rings. The molecule has 2 aromatic rings. The molecule has 9 heteroatoms. The summed E-state index contributed by atoms with van der Waals surface area (Å²) in [7, 11) is 1.55. The minimum Gasteiger partial charge on any atom is -0.853 e. The van der Waals surface area contributed by atoms with E-state index >= 15 is 0 Å². The highest BCUT2D eigenvalue weighted by Crippen LogP contribution is 2.11. The summed E-state index contributed by atoms with van der Waals surface area (Å²) in [5.41, 5.74) is -0.415. The van der Waals surface area contributed by atoms with Crippen molar-refractivity contribution in [3.8, 4) is 11.4 Å². The standard InChI is InChI=1S/C14H16N4O5/c1-21-11-4-2-10(3-5-11)18-12(14(20)23-16-18)13(19)15-17-6-8-22-9-7-17/h2-5H,6-9H2,1H3,(H-,15,16,19,20). The summed E-state index contributed by atoms with van der Waals surface area (Å²) in [6.45, 7) is 2.00. The van der Waals surface area contributed by atoms with Crippen LogP contribution < -0.4 is 20.2 Å². The van der Waals surface area contributed by atoms with Gasteiger partial charge in [0.15, 0.2) is 0 Å². The molecule has 0 unspecified atom stereocenters. The van der Waals surface area contributed by atoms with Gasteiger partial charge in [0.2, 0.25) is 5.69 Å². The molecule has 1 aromatic heterocycles. The molecule has 0 radical (unpaired) electrons. The summed E-state index contributed by atoms with van der Waals surface area (Å²) < 4.78 is 16.3. The molecular formula is C14H16N4O5. The lowest BCUT2D eigenvalue weighted by atomic mass is 10.3. The zero-order chi connectivity index (χ0) is 16.2. The zero-order valence-electron chi connectivity index (χ0n) is 12.5. The summed E-state index contributed by atoms with van der Waals surface area (Å²) in [4.78, 5) is 11.9. The van der Waals surface area contributed by atoms with E-state index in [0.717, 1.165) is 0 Å². The minimum absolute atomic E-state index is 0.193. The van der Waals surface area contributed by atoms with E-state index in [4.69, 9.17) is 14.0 Å². The number of benzene rings is 1. The van der Waals surface area contributed by atoms with Crippen LogP contribution in [0.3, 0.4) is 0 Å². The van der Waals surface area contributed by atoms with Crippen molar-refractivity contribution in [2.45, 2.75) is 0 Å². The lowest BCUT2D eigenvalue weighted by Gasteiger charge is -2.25. The molecule has 1 aliphatic rings. The van der Waals surface area contributed by atoms with Crippen molar-refractivity contribution in [2.75, 3.05) is 33.4 Å². The van der Waals surface area contributed by atoms with Crippen molar-refractivity contribution < 1.29 is 23.8 Å². The molecule has 2 heterocycles. The van der Waals surface area contributed by atoms with E-state index in [1.807, 2.05) is 0 Å². The molecule has 0 saturated carbocycles. The molecule has 9 nitrogen and oxygen atoms in total. The average molecular weight is 320 g/mol. The number of nitrogens with zero attached hydrogens (tertiary/aromatic N) is 3. The predicted molar refractivity (Wildman–Crippen MR) is 76.3 cm³/mol. The Kier molecular flexibility index (Phi) is 4.29. The number of ether oxygens (including phenoxy) is 2. The molecule has 3 rings (SSSR count). The molecule has 0 aliphatic carbocycles. The molecule has 122 valence electrons. The van der Waals surface area contributed by atoms with Crippen molar-refractivity contribution in [1.29, 1.82) is 0 Å². The van der Waals surface area contributed by atoms with Crippen LogP contribution in [0.5, 0.6) is 5.75 Å². The Morgan fingerprint density at radius 2 is 2.04 bits per heavy atom. The highest BCUT2D eigenvalue weighted by Gasteiger charge is 2.24. The van der Waals surface area contributed by atoms with Gasteiger partial charge in [-0.05, 0) is 22.1 Å². The van der Waals surface area contributed by atoms with E-state index < -0.39 is 11.5 Å². The van der Waals surface area contributed by atoms with Crippen LogP contribution in [0.4, 0.5) is 0 Å². The molecule has 0 atom stereocenters. The fraction of sp³-hybridized carbons (Fsp3) is 0.357. The summed E-state index contributed by atoms with van der Waals surface area (Å²) >= 11 is 0. The maximum absolute atomic E-state index is 12.3. The van der Waals surface area contributed by atoms with Gasteiger partial charge in [0.25, 0.3) is 0 Å². The molecule has 0 amide bonds. The topological polar surface area (TPSA) is 107 Å². The van der Waals surface area contributed by atoms with E-state index in [-0.39, 0.29) is 5.69 Å². The van der Waals surface area contributed by atoms with Crippen LogP contribution in [0.15, 0.2) is 38.7 Å². The van der Waals surface area contributed by atoms with Crippen LogP contribution in [0.25, 0.3) is 5.69 Å². The van der Waals surface area contributed by atoms with Gasteiger partial charge in [0, 0.05) is 12.1 Å². The Hall–Kier alpha value is -2.81. The molecule has 0 bridgehead atoms. The van der Waals surface area contributed by atoms with E-state index in [0.29, 0.717) is 37.7 Å². The van der Waals surface area contributed by atoms with Gasteiger partial charge >= 0.3 is 11.3 Å². The van der Waals surface area contributed by atoms with Crippen molar-refractivity contribution in [3.05, 3.63) is 40.4 Å². The molecule has 1 saturated heterocycles. The van der Waals surface area contributed by atoms with Crippen LogP contribution in [-0.2, 0) is 4.74 Å². The van der Waals surface area contributed by atoms with Crippen molar-refractivity contribution in [3.63, 3.8) is 0 Å². The van der Waals surface area contributed by atoms with Crippen molar-refractivity contribution >= 4 is 5.90 Å². The van der Waals surface area contributed by atoms with Crippen LogP contribution in [0.1, 0.15) is 5.69 Å². The Balaban J connectivity index is 1.94. The number of nitrogens with one attached hydrogen (secondary N) is 1. The third-order valence-corrected chi connectivity index (χ3v) is 3.40. The third-order valence-electron chi connectivity index (χ3n) is 3.40. The monoisotopic (exact) mass is 320 g/mol. The Morgan fingerprint density at radius 3 is 2.70 bits per heavy atom. The summed E-state index contributed by atoms with van der Waals surface area (Å²) in [5, 5.41) is 20.3. The largest absolute Gasteiger partial charge is 0.853 e. The normalized spacial score (nSPS) is 15.7. The van der Waals surface area contributed by atoms with E-state index in [1.165, 1.54) is 4.68 Å². The highest BCUT2D eigenvalue weighted by atomic mass is 16.5. The average Bonchev–Trinajstić information content (AvgIpc) is 2.97. The van der Waals surface area contributed by atoms with Crippen molar-refractivity contribution in [1.82, 2.24) is 10.3 Å². The molecule has 23 heavy (non-hydrogen) atoms. The first-order valence-corrected chi connectivity index (χ1v) is 7.05. The minimum atomic E-state index is -0.775. The third kappa shape index (κ3) is 3.19. The summed E-state index contributed by atoms with van der Waals surface area (Å²) in [5.74, 6) is -0.0104. The quantitative estimate of drug-likeness (QED) is 0.422. The second-order valence-corrected chi connectivity index (χ2v) is 4.83. The van der Waals surface area contributed by atoms with Crippen LogP contribution in [-0.4, -0.2) is 49.6 Å². The molecular weight excluding hydrogens is 304 g/mol. The van der Waals surface area contributed by atoms with E-state index in [1.54, 1.807) is 36.4 Å². The fourth-order valence-electron chi connectivity index (χ4n) is 2.20. The Bertz CT molecular complexity index is 743. The number of hydrogen-bond donors (Lipinski definition) is 1. The Morgan fingerprint density at radius 1 is 1.35 bits per heavy atom. The number of H-pyrrole nitrogens is 1. The zero-order valence-corrected chi connectivity index (χ0v) is 12.5. The smallest absolute Gasteiger partial charge is 0.436 e. The molecule has 1 N–H and O–H groups in total. The first kappa shape index (κ1) is 15.1.